The zero-order valence-electron chi connectivity index (χ0n) is 33.1. The first-order valence-electron chi connectivity index (χ1n) is 19.2. The van der Waals surface area contributed by atoms with E-state index in [2.05, 4.69) is 0 Å². The second-order valence-corrected chi connectivity index (χ2v) is 15.4. The van der Waals surface area contributed by atoms with Crippen LogP contribution in [0.15, 0.2) is 146 Å². The molecule has 8 aromatic rings. The quantitative estimate of drug-likeness (QED) is 0.106. The first-order chi connectivity index (χ1) is 31.1. The van der Waals surface area contributed by atoms with Gasteiger partial charge < -0.3 is 0 Å². The fourth-order valence-electron chi connectivity index (χ4n) is 8.91. The molecule has 0 spiro atoms. The SMILES string of the molecule is Fc1cc(F)cc([B-](c2cc(F)cc(F)c2)(c2cc(F)cc(F)c2)c2cc(F)cc(F)c2)c1.Fc1cc(F)cc([B-](c2cc(F)cc(F)c2)(c2cc(F)cc(F)c2)c2cc(F)cc(F)c2)c1. The van der Waals surface area contributed by atoms with Gasteiger partial charge in [0.1, 0.15) is 105 Å². The Morgan fingerprint density at radius 1 is 0.136 bits per heavy atom. The molecule has 336 valence electrons. The van der Waals surface area contributed by atoms with Crippen molar-refractivity contribution in [1.82, 2.24) is 0 Å². The Bertz CT molecular complexity index is 2360. The average Bonchev–Trinajstić information content (AvgIpc) is 3.16. The monoisotopic (exact) mass is 926 g/mol. The summed E-state index contributed by atoms with van der Waals surface area (Å²) in [6.45, 7) is 0. The first-order valence-corrected chi connectivity index (χ1v) is 19.2. The minimum Gasteiger partial charge on any atom is -0.207 e. The molecule has 0 aliphatic rings. The Balaban J connectivity index is 0.000000196. The van der Waals surface area contributed by atoms with Crippen LogP contribution in [0.25, 0.3) is 0 Å². The lowest BCUT2D eigenvalue weighted by Crippen LogP contribution is -2.75. The smallest absolute Gasteiger partial charge is 0.123 e. The summed E-state index contributed by atoms with van der Waals surface area (Å²) in [5.74, 6) is -18.0. The highest BCUT2D eigenvalue weighted by atomic mass is 19.2. The van der Waals surface area contributed by atoms with Gasteiger partial charge in [0.25, 0.3) is 0 Å². The molecule has 0 nitrogen and oxygen atoms in total. The minimum atomic E-state index is -3.29. The van der Waals surface area contributed by atoms with E-state index in [1.165, 1.54) is 0 Å². The van der Waals surface area contributed by atoms with Crippen LogP contribution >= 0.6 is 0 Å². The lowest BCUT2D eigenvalue weighted by molar-refractivity contribution is 0.582. The zero-order valence-corrected chi connectivity index (χ0v) is 33.1. The largest absolute Gasteiger partial charge is 0.207 e. The van der Waals surface area contributed by atoms with Gasteiger partial charge in [-0.1, -0.05) is 97.1 Å². The van der Waals surface area contributed by atoms with E-state index in [9.17, 15) is 70.2 Å². The molecule has 0 radical (unpaired) electrons. The molecular weight excluding hydrogens is 902 g/mol. The number of hydrogen-bond donors (Lipinski definition) is 0. The standard InChI is InChI=1S/2C24H12BF8/c2*26-17-1-13(2-18(27)9-17)25(14-3-19(28)10-20(29)4-14,15-5-21(30)11-22(31)6-15)16-7-23(32)12-24(33)8-16/h2*1-12H/q2*-1. The number of hydrogen-bond acceptors (Lipinski definition) is 0. The van der Waals surface area contributed by atoms with Gasteiger partial charge in [0.15, 0.2) is 0 Å². The van der Waals surface area contributed by atoms with Gasteiger partial charge in [-0.2, -0.15) is 43.7 Å². The van der Waals surface area contributed by atoms with E-state index in [0.29, 0.717) is 48.5 Å². The Kier molecular flexibility index (Phi) is 13.0. The second-order valence-electron chi connectivity index (χ2n) is 15.4. The minimum absolute atomic E-state index is 0.354. The van der Waals surface area contributed by atoms with Gasteiger partial charge in [0.05, 0.1) is 0 Å². The lowest BCUT2D eigenvalue weighted by atomic mass is 9.13. The second kappa shape index (κ2) is 18.3. The van der Waals surface area contributed by atoms with Crippen molar-refractivity contribution in [3.8, 4) is 0 Å². The van der Waals surface area contributed by atoms with Gasteiger partial charge in [-0.25, -0.2) is 70.2 Å². The molecule has 0 amide bonds. The van der Waals surface area contributed by atoms with Crippen molar-refractivity contribution in [3.05, 3.63) is 239 Å². The third-order valence-electron chi connectivity index (χ3n) is 11.1. The molecule has 0 aromatic heterocycles. The van der Waals surface area contributed by atoms with Crippen molar-refractivity contribution >= 4 is 56.0 Å². The molecule has 0 atom stereocenters. The van der Waals surface area contributed by atoms with Crippen LogP contribution in [-0.4, -0.2) is 12.3 Å². The van der Waals surface area contributed by atoms with Crippen molar-refractivity contribution < 1.29 is 70.2 Å². The Morgan fingerprint density at radius 3 is 0.288 bits per heavy atom. The average molecular weight is 926 g/mol. The highest BCUT2D eigenvalue weighted by Crippen LogP contribution is 2.19. The van der Waals surface area contributed by atoms with Crippen LogP contribution in [0.1, 0.15) is 0 Å². The maximum absolute atomic E-state index is 14.3. The summed E-state index contributed by atoms with van der Waals surface area (Å²) < 4.78 is 229. The molecule has 8 rings (SSSR count). The molecule has 0 fully saturated rings. The molecule has 0 saturated carbocycles. The molecular formula is C48H24B2F16-2. The maximum Gasteiger partial charge on any atom is 0.123 e. The van der Waals surface area contributed by atoms with Crippen LogP contribution < -0.4 is 43.7 Å². The van der Waals surface area contributed by atoms with Crippen LogP contribution in [0.3, 0.4) is 0 Å². The fourth-order valence-corrected chi connectivity index (χ4v) is 8.91. The van der Waals surface area contributed by atoms with E-state index >= 15 is 0 Å². The molecule has 0 aliphatic heterocycles. The number of halogens is 16. The predicted octanol–water partition coefficient (Wildman–Crippen LogP) is 8.35. The maximum atomic E-state index is 14.3. The van der Waals surface area contributed by atoms with E-state index in [-0.39, 0.29) is 43.7 Å². The van der Waals surface area contributed by atoms with E-state index in [4.69, 9.17) is 0 Å². The first kappa shape index (κ1) is 46.8. The van der Waals surface area contributed by atoms with Crippen LogP contribution in [0.5, 0.6) is 0 Å². The third-order valence-corrected chi connectivity index (χ3v) is 11.1. The molecule has 0 heterocycles. The van der Waals surface area contributed by atoms with E-state index in [1.807, 2.05) is 0 Å². The number of rotatable bonds is 8. The molecule has 66 heavy (non-hydrogen) atoms. The van der Waals surface area contributed by atoms with Crippen molar-refractivity contribution in [3.63, 3.8) is 0 Å². The molecule has 18 heteroatoms. The van der Waals surface area contributed by atoms with Crippen LogP contribution in [0.2, 0.25) is 0 Å². The van der Waals surface area contributed by atoms with E-state index < -0.39 is 105 Å². The Labute approximate surface area is 364 Å². The van der Waals surface area contributed by atoms with Crippen molar-refractivity contribution in [2.45, 2.75) is 0 Å². The van der Waals surface area contributed by atoms with Gasteiger partial charge in [0, 0.05) is 48.5 Å². The topological polar surface area (TPSA) is 0 Å². The Morgan fingerprint density at radius 2 is 0.212 bits per heavy atom. The summed E-state index contributed by atoms with van der Waals surface area (Å²) in [6, 6.07) is 16.5. The van der Waals surface area contributed by atoms with Gasteiger partial charge in [-0.15, -0.1) is 0 Å². The van der Waals surface area contributed by atoms with Crippen LogP contribution in [0, 0.1) is 93.1 Å². The Hall–Kier alpha value is -7.23. The predicted molar refractivity (Wildman–Crippen MR) is 219 cm³/mol. The summed E-state index contributed by atoms with van der Waals surface area (Å²) in [5.41, 5.74) is -2.83. The molecule has 0 aliphatic carbocycles. The fraction of sp³-hybridized carbons (Fsp3) is 0. The molecule has 0 N–H and O–H groups in total. The van der Waals surface area contributed by atoms with Crippen molar-refractivity contribution in [1.29, 1.82) is 0 Å². The van der Waals surface area contributed by atoms with Crippen molar-refractivity contribution in [2.24, 2.45) is 0 Å². The summed E-state index contributed by atoms with van der Waals surface area (Å²) >= 11 is 0. The lowest BCUT2D eigenvalue weighted by Gasteiger charge is -2.44. The van der Waals surface area contributed by atoms with Gasteiger partial charge >= 0.3 is 0 Å². The molecule has 0 bridgehead atoms. The summed E-state index contributed by atoms with van der Waals surface area (Å²) in [5, 5.41) is 0. The number of benzene rings is 8. The highest BCUT2D eigenvalue weighted by molar-refractivity contribution is 7.20. The molecule has 0 saturated heterocycles. The summed E-state index contributed by atoms with van der Waals surface area (Å²) in [6.07, 6.45) is -6.58. The molecule has 8 aromatic carbocycles. The normalized spacial score (nSPS) is 11.6. The highest BCUT2D eigenvalue weighted by Gasteiger charge is 2.37. The zero-order chi connectivity index (χ0) is 47.8. The van der Waals surface area contributed by atoms with E-state index in [0.717, 1.165) is 97.1 Å². The van der Waals surface area contributed by atoms with Crippen LogP contribution in [0.4, 0.5) is 70.2 Å². The van der Waals surface area contributed by atoms with Gasteiger partial charge in [0.2, 0.25) is 0 Å². The summed E-state index contributed by atoms with van der Waals surface area (Å²) in [4.78, 5) is 0. The van der Waals surface area contributed by atoms with Gasteiger partial charge in [-0.3, -0.25) is 0 Å². The van der Waals surface area contributed by atoms with Gasteiger partial charge in [-0.05, 0) is 0 Å². The van der Waals surface area contributed by atoms with Crippen LogP contribution in [-0.2, 0) is 0 Å². The van der Waals surface area contributed by atoms with E-state index in [1.54, 1.807) is 0 Å². The summed E-state index contributed by atoms with van der Waals surface area (Å²) in [7, 11) is 0. The molecule has 0 unspecified atom stereocenters. The third kappa shape index (κ3) is 9.44. The van der Waals surface area contributed by atoms with Crippen molar-refractivity contribution in [2.75, 3.05) is 0 Å².